The van der Waals surface area contributed by atoms with Crippen LogP contribution in [0.15, 0.2) is 0 Å². The maximum atomic E-state index is 12.1. The van der Waals surface area contributed by atoms with Gasteiger partial charge in [-0.05, 0) is 25.3 Å². The number of hydrogen-bond donors (Lipinski definition) is 1. The molecule has 2 N–H and O–H groups in total. The average Bonchev–Trinajstić information content (AvgIpc) is 2.27. The molecule has 2 unspecified atom stereocenters. The van der Waals surface area contributed by atoms with Gasteiger partial charge in [-0.25, -0.2) is 8.42 Å². The lowest BCUT2D eigenvalue weighted by Gasteiger charge is -2.27. The van der Waals surface area contributed by atoms with Crippen LogP contribution in [0.25, 0.3) is 0 Å². The van der Waals surface area contributed by atoms with Crippen LogP contribution >= 0.6 is 0 Å². The van der Waals surface area contributed by atoms with Crippen LogP contribution in [-0.2, 0) is 14.6 Å². The van der Waals surface area contributed by atoms with Crippen LogP contribution in [0.3, 0.4) is 0 Å². The van der Waals surface area contributed by atoms with Gasteiger partial charge in [-0.15, -0.1) is 0 Å². The topological polar surface area (TPSA) is 80.5 Å². The third kappa shape index (κ3) is 3.67. The average molecular weight is 262 g/mol. The van der Waals surface area contributed by atoms with E-state index in [1.54, 1.807) is 7.05 Å². The Balaban J connectivity index is 2.68. The van der Waals surface area contributed by atoms with Crippen LogP contribution in [0.1, 0.15) is 26.2 Å². The van der Waals surface area contributed by atoms with Crippen molar-refractivity contribution in [2.45, 2.75) is 31.4 Å². The van der Waals surface area contributed by atoms with E-state index in [1.165, 1.54) is 4.90 Å². The van der Waals surface area contributed by atoms with Crippen molar-refractivity contribution in [3.05, 3.63) is 0 Å². The van der Waals surface area contributed by atoms with Crippen LogP contribution in [0, 0.1) is 5.92 Å². The van der Waals surface area contributed by atoms with Gasteiger partial charge in [-0.2, -0.15) is 0 Å². The number of nitrogens with two attached hydrogens (primary N) is 1. The predicted molar refractivity (Wildman–Crippen MR) is 67.3 cm³/mol. The van der Waals surface area contributed by atoms with E-state index in [4.69, 9.17) is 5.73 Å². The van der Waals surface area contributed by atoms with Crippen molar-refractivity contribution in [3.63, 3.8) is 0 Å². The molecule has 0 aromatic heterocycles. The van der Waals surface area contributed by atoms with E-state index in [1.807, 2.05) is 6.92 Å². The summed E-state index contributed by atoms with van der Waals surface area (Å²) in [6, 6.07) is 0. The Bertz CT molecular complexity index is 367. The fraction of sp³-hybridized carbons (Fsp3) is 0.909. The lowest BCUT2D eigenvalue weighted by Crippen LogP contribution is -2.45. The lowest BCUT2D eigenvalue weighted by molar-refractivity contribution is -0.130. The van der Waals surface area contributed by atoms with Gasteiger partial charge in [-0.1, -0.05) is 13.3 Å². The molecule has 0 aliphatic carbocycles. The molecular formula is C11H22N2O3S. The molecule has 1 rings (SSSR count). The van der Waals surface area contributed by atoms with Crippen molar-refractivity contribution < 1.29 is 13.2 Å². The SMILES string of the molecule is CC(CN)CN(C)C(=O)C1CCCCS1(=O)=O. The summed E-state index contributed by atoms with van der Waals surface area (Å²) in [5, 5.41) is -0.828. The molecule has 0 spiro atoms. The molecule has 0 bridgehead atoms. The summed E-state index contributed by atoms with van der Waals surface area (Å²) in [5.74, 6) is 0.0594. The molecule has 0 aromatic carbocycles. The highest BCUT2D eigenvalue weighted by Gasteiger charge is 2.36. The Morgan fingerprint density at radius 3 is 2.65 bits per heavy atom. The number of amides is 1. The number of nitrogens with zero attached hydrogens (tertiary/aromatic N) is 1. The van der Waals surface area contributed by atoms with Crippen LogP contribution in [0.5, 0.6) is 0 Å². The second-order valence-electron chi connectivity index (χ2n) is 4.91. The zero-order valence-corrected chi connectivity index (χ0v) is 11.4. The number of rotatable bonds is 4. The third-order valence-corrected chi connectivity index (χ3v) is 5.38. The van der Waals surface area contributed by atoms with Gasteiger partial charge < -0.3 is 10.6 Å². The molecule has 100 valence electrons. The monoisotopic (exact) mass is 262 g/mol. The Labute approximate surface area is 103 Å². The van der Waals surface area contributed by atoms with Gasteiger partial charge in [0, 0.05) is 13.6 Å². The zero-order chi connectivity index (χ0) is 13.1. The second-order valence-corrected chi connectivity index (χ2v) is 7.21. The summed E-state index contributed by atoms with van der Waals surface area (Å²) >= 11 is 0. The molecule has 6 heteroatoms. The number of carbonyl (C=O) groups excluding carboxylic acids is 1. The van der Waals surface area contributed by atoms with Crippen LogP contribution in [-0.4, -0.2) is 50.4 Å². The Morgan fingerprint density at radius 1 is 1.47 bits per heavy atom. The minimum Gasteiger partial charge on any atom is -0.344 e. The second kappa shape index (κ2) is 5.82. The fourth-order valence-electron chi connectivity index (χ4n) is 2.11. The maximum absolute atomic E-state index is 12.1. The predicted octanol–water partition coefficient (Wildman–Crippen LogP) is 0.00690. The van der Waals surface area contributed by atoms with E-state index in [0.29, 0.717) is 25.9 Å². The lowest BCUT2D eigenvalue weighted by atomic mass is 10.1. The summed E-state index contributed by atoms with van der Waals surface area (Å²) < 4.78 is 23.6. The Kier molecular flexibility index (Phi) is 4.94. The van der Waals surface area contributed by atoms with Crippen molar-refractivity contribution >= 4 is 15.7 Å². The molecule has 1 saturated heterocycles. The molecule has 1 aliphatic rings. The maximum Gasteiger partial charge on any atom is 0.240 e. The van der Waals surface area contributed by atoms with Gasteiger partial charge in [0.1, 0.15) is 5.25 Å². The van der Waals surface area contributed by atoms with Crippen LogP contribution in [0.4, 0.5) is 0 Å². The zero-order valence-electron chi connectivity index (χ0n) is 10.6. The molecule has 1 aliphatic heterocycles. The van der Waals surface area contributed by atoms with Gasteiger partial charge in [0.05, 0.1) is 5.75 Å². The molecule has 0 saturated carbocycles. The third-order valence-electron chi connectivity index (χ3n) is 3.22. The molecule has 1 amide bonds. The number of carbonyl (C=O) groups is 1. The van der Waals surface area contributed by atoms with Gasteiger partial charge in [0.25, 0.3) is 0 Å². The summed E-state index contributed by atoms with van der Waals surface area (Å²) in [5.41, 5.74) is 5.50. The van der Waals surface area contributed by atoms with Gasteiger partial charge in [0.2, 0.25) is 5.91 Å². The van der Waals surface area contributed by atoms with Crippen molar-refractivity contribution in [2.24, 2.45) is 11.7 Å². The van der Waals surface area contributed by atoms with E-state index in [9.17, 15) is 13.2 Å². The quantitative estimate of drug-likeness (QED) is 0.773. The summed E-state index contributed by atoms with van der Waals surface area (Å²) in [6.45, 7) is 2.95. The molecule has 0 radical (unpaired) electrons. The molecule has 1 heterocycles. The number of hydrogen-bond acceptors (Lipinski definition) is 4. The standard InChI is InChI=1S/C11H22N2O3S/c1-9(7-12)8-13(2)11(14)10-5-3-4-6-17(10,15)16/h9-10H,3-8,12H2,1-2H3. The summed E-state index contributed by atoms with van der Waals surface area (Å²) in [6.07, 6.45) is 1.95. The van der Waals surface area contributed by atoms with E-state index in [-0.39, 0.29) is 17.6 Å². The first-order chi connectivity index (χ1) is 7.88. The van der Waals surface area contributed by atoms with Crippen molar-refractivity contribution in [1.82, 2.24) is 4.90 Å². The van der Waals surface area contributed by atoms with Gasteiger partial charge in [-0.3, -0.25) is 4.79 Å². The van der Waals surface area contributed by atoms with Crippen molar-refractivity contribution in [1.29, 1.82) is 0 Å². The smallest absolute Gasteiger partial charge is 0.240 e. The highest BCUT2D eigenvalue weighted by Crippen LogP contribution is 2.21. The van der Waals surface area contributed by atoms with E-state index >= 15 is 0 Å². The van der Waals surface area contributed by atoms with E-state index in [0.717, 1.165) is 6.42 Å². The minimum absolute atomic E-state index is 0.143. The molecule has 17 heavy (non-hydrogen) atoms. The fourth-order valence-corrected chi connectivity index (χ4v) is 4.01. The normalized spacial score (nSPS) is 25.2. The molecule has 5 nitrogen and oxygen atoms in total. The summed E-state index contributed by atoms with van der Waals surface area (Å²) in [7, 11) is -1.58. The van der Waals surface area contributed by atoms with Crippen LogP contribution in [0.2, 0.25) is 0 Å². The van der Waals surface area contributed by atoms with Crippen molar-refractivity contribution in [3.8, 4) is 0 Å². The molecule has 2 atom stereocenters. The van der Waals surface area contributed by atoms with E-state index in [2.05, 4.69) is 0 Å². The molecule has 1 fully saturated rings. The minimum atomic E-state index is -3.23. The largest absolute Gasteiger partial charge is 0.344 e. The Morgan fingerprint density at radius 2 is 2.12 bits per heavy atom. The summed E-state index contributed by atoms with van der Waals surface area (Å²) in [4.78, 5) is 13.6. The first-order valence-electron chi connectivity index (χ1n) is 6.05. The highest BCUT2D eigenvalue weighted by molar-refractivity contribution is 7.92. The van der Waals surface area contributed by atoms with Crippen molar-refractivity contribution in [2.75, 3.05) is 25.9 Å². The molecule has 0 aromatic rings. The van der Waals surface area contributed by atoms with E-state index < -0.39 is 15.1 Å². The van der Waals surface area contributed by atoms with Gasteiger partial charge in [0.15, 0.2) is 9.84 Å². The van der Waals surface area contributed by atoms with Gasteiger partial charge >= 0.3 is 0 Å². The molecular weight excluding hydrogens is 240 g/mol. The Hall–Kier alpha value is -0.620. The first-order valence-corrected chi connectivity index (χ1v) is 7.76. The highest BCUT2D eigenvalue weighted by atomic mass is 32.2. The number of sulfone groups is 1. The first kappa shape index (κ1) is 14.4. The van der Waals surface area contributed by atoms with Crippen LogP contribution < -0.4 is 5.73 Å².